The van der Waals surface area contributed by atoms with E-state index in [2.05, 4.69) is 0 Å². The van der Waals surface area contributed by atoms with E-state index in [1.807, 2.05) is 0 Å². The number of rotatable bonds is 3. The molecule has 0 radical (unpaired) electrons. The Balaban J connectivity index is 1.92. The molecule has 0 bridgehead atoms. The van der Waals surface area contributed by atoms with Gasteiger partial charge in [0.1, 0.15) is 6.26 Å². The van der Waals surface area contributed by atoms with Gasteiger partial charge < -0.3 is 14.4 Å². The van der Waals surface area contributed by atoms with Gasteiger partial charge in [-0.2, -0.15) is 13.2 Å². The lowest BCUT2D eigenvalue weighted by Gasteiger charge is -2.34. The van der Waals surface area contributed by atoms with Gasteiger partial charge in [-0.05, 0) is 0 Å². The standard InChI is InChI=1S/C12H13F3N2O4/c13-12(14,15)7-16-1-3-17(4-2-16)10(18)9-5-8(6-21-9)11(19)20/h5-6H,1-4,7H2,(H,19,20). The van der Waals surface area contributed by atoms with Crippen LogP contribution in [0.4, 0.5) is 13.2 Å². The monoisotopic (exact) mass is 306 g/mol. The Morgan fingerprint density at radius 3 is 2.33 bits per heavy atom. The Hall–Kier alpha value is -2.03. The highest BCUT2D eigenvalue weighted by molar-refractivity contribution is 5.95. The van der Waals surface area contributed by atoms with Gasteiger partial charge >= 0.3 is 12.1 Å². The van der Waals surface area contributed by atoms with Gasteiger partial charge in [0.05, 0.1) is 12.1 Å². The molecule has 1 aromatic rings. The van der Waals surface area contributed by atoms with Crippen LogP contribution in [0.5, 0.6) is 0 Å². The van der Waals surface area contributed by atoms with Gasteiger partial charge in [-0.3, -0.25) is 9.69 Å². The number of carboxylic acid groups (broad SMARTS) is 1. The van der Waals surface area contributed by atoms with Crippen LogP contribution in [0.3, 0.4) is 0 Å². The van der Waals surface area contributed by atoms with Crippen molar-refractivity contribution >= 4 is 11.9 Å². The maximum atomic E-state index is 12.2. The highest BCUT2D eigenvalue weighted by Gasteiger charge is 2.33. The number of halogens is 3. The zero-order chi connectivity index (χ0) is 15.6. The number of hydrogen-bond donors (Lipinski definition) is 1. The molecule has 1 amide bonds. The quantitative estimate of drug-likeness (QED) is 0.911. The van der Waals surface area contributed by atoms with Crippen molar-refractivity contribution in [3.63, 3.8) is 0 Å². The van der Waals surface area contributed by atoms with Gasteiger partial charge in [0, 0.05) is 32.2 Å². The van der Waals surface area contributed by atoms with Crippen LogP contribution < -0.4 is 0 Å². The summed E-state index contributed by atoms with van der Waals surface area (Å²) in [6.07, 6.45) is -3.31. The number of carbonyl (C=O) groups excluding carboxylic acids is 1. The largest absolute Gasteiger partial charge is 0.478 e. The molecule has 1 N–H and O–H groups in total. The van der Waals surface area contributed by atoms with Crippen molar-refractivity contribution in [3.8, 4) is 0 Å². The molecule has 1 aromatic heterocycles. The number of amides is 1. The number of carboxylic acids is 1. The minimum Gasteiger partial charge on any atom is -0.478 e. The zero-order valence-electron chi connectivity index (χ0n) is 10.9. The number of aromatic carboxylic acids is 1. The molecule has 9 heteroatoms. The SMILES string of the molecule is O=C(O)c1coc(C(=O)N2CCN(CC(F)(F)F)CC2)c1. The molecular weight excluding hydrogens is 293 g/mol. The molecule has 0 saturated carbocycles. The third-order valence-corrected chi connectivity index (χ3v) is 3.12. The summed E-state index contributed by atoms with van der Waals surface area (Å²) in [7, 11) is 0. The third-order valence-electron chi connectivity index (χ3n) is 3.12. The minimum absolute atomic E-state index is 0.109. The summed E-state index contributed by atoms with van der Waals surface area (Å²) < 4.78 is 41.6. The van der Waals surface area contributed by atoms with Crippen molar-refractivity contribution in [3.05, 3.63) is 23.7 Å². The van der Waals surface area contributed by atoms with Crippen LogP contribution in [-0.2, 0) is 0 Å². The minimum atomic E-state index is -4.26. The predicted molar refractivity (Wildman–Crippen MR) is 64.1 cm³/mol. The molecule has 0 aromatic carbocycles. The summed E-state index contributed by atoms with van der Waals surface area (Å²) >= 11 is 0. The molecule has 1 aliphatic heterocycles. The molecule has 1 aliphatic rings. The second kappa shape index (κ2) is 5.76. The summed E-state index contributed by atoms with van der Waals surface area (Å²) in [5.41, 5.74) is -0.144. The van der Waals surface area contributed by atoms with E-state index in [0.29, 0.717) is 0 Å². The summed E-state index contributed by atoms with van der Waals surface area (Å²) in [4.78, 5) is 25.3. The third kappa shape index (κ3) is 3.97. The number of alkyl halides is 3. The lowest BCUT2D eigenvalue weighted by molar-refractivity contribution is -0.148. The van der Waals surface area contributed by atoms with Crippen molar-refractivity contribution in [2.75, 3.05) is 32.7 Å². The summed E-state index contributed by atoms with van der Waals surface area (Å²) in [6.45, 7) is -0.509. The maximum absolute atomic E-state index is 12.2. The molecule has 0 unspecified atom stereocenters. The smallest absolute Gasteiger partial charge is 0.401 e. The van der Waals surface area contributed by atoms with Gasteiger partial charge in [0.2, 0.25) is 0 Å². The molecule has 2 heterocycles. The van der Waals surface area contributed by atoms with Gasteiger partial charge in [0.25, 0.3) is 5.91 Å². The molecule has 0 aliphatic carbocycles. The highest BCUT2D eigenvalue weighted by Crippen LogP contribution is 2.18. The van der Waals surface area contributed by atoms with Crippen LogP contribution in [-0.4, -0.2) is 65.7 Å². The second-order valence-corrected chi connectivity index (χ2v) is 4.69. The van der Waals surface area contributed by atoms with E-state index in [1.165, 1.54) is 9.80 Å². The highest BCUT2D eigenvalue weighted by atomic mass is 19.4. The first-order valence-electron chi connectivity index (χ1n) is 6.16. The maximum Gasteiger partial charge on any atom is 0.401 e. The number of carbonyl (C=O) groups is 2. The van der Waals surface area contributed by atoms with Gasteiger partial charge in [-0.25, -0.2) is 4.79 Å². The van der Waals surface area contributed by atoms with Crippen molar-refractivity contribution in [1.82, 2.24) is 9.80 Å². The molecule has 6 nitrogen and oxygen atoms in total. The average molecular weight is 306 g/mol. The summed E-state index contributed by atoms with van der Waals surface area (Å²) in [5.74, 6) is -1.86. The van der Waals surface area contributed by atoms with Crippen LogP contribution in [0.25, 0.3) is 0 Å². The number of furan rings is 1. The van der Waals surface area contributed by atoms with Crippen molar-refractivity contribution in [2.24, 2.45) is 0 Å². The van der Waals surface area contributed by atoms with E-state index < -0.39 is 24.6 Å². The fraction of sp³-hybridized carbons (Fsp3) is 0.500. The lowest BCUT2D eigenvalue weighted by atomic mass is 10.2. The van der Waals surface area contributed by atoms with Crippen molar-refractivity contribution in [2.45, 2.75) is 6.18 Å². The Labute approximate surface area is 117 Å². The van der Waals surface area contributed by atoms with E-state index >= 15 is 0 Å². The van der Waals surface area contributed by atoms with Gasteiger partial charge in [0.15, 0.2) is 5.76 Å². The van der Waals surface area contributed by atoms with E-state index in [9.17, 15) is 22.8 Å². The van der Waals surface area contributed by atoms with E-state index in [-0.39, 0.29) is 37.5 Å². The van der Waals surface area contributed by atoms with Gasteiger partial charge in [-0.1, -0.05) is 0 Å². The lowest BCUT2D eigenvalue weighted by Crippen LogP contribution is -2.50. The molecule has 21 heavy (non-hydrogen) atoms. The summed E-state index contributed by atoms with van der Waals surface area (Å²) in [5, 5.41) is 8.74. The first kappa shape index (κ1) is 15.4. The second-order valence-electron chi connectivity index (χ2n) is 4.69. The van der Waals surface area contributed by atoms with Crippen molar-refractivity contribution in [1.29, 1.82) is 0 Å². The predicted octanol–water partition coefficient (Wildman–Crippen LogP) is 1.30. The summed E-state index contributed by atoms with van der Waals surface area (Å²) in [6, 6.07) is 1.10. The van der Waals surface area contributed by atoms with Gasteiger partial charge in [-0.15, -0.1) is 0 Å². The van der Waals surface area contributed by atoms with Crippen LogP contribution in [0.2, 0.25) is 0 Å². The fourth-order valence-corrected chi connectivity index (χ4v) is 2.08. The molecular formula is C12H13F3N2O4. The Kier molecular flexibility index (Phi) is 4.21. The normalized spacial score (nSPS) is 17.0. The zero-order valence-corrected chi connectivity index (χ0v) is 10.9. The molecule has 0 atom stereocenters. The Bertz CT molecular complexity index is 533. The van der Waals surface area contributed by atoms with E-state index in [0.717, 1.165) is 12.3 Å². The van der Waals surface area contributed by atoms with Crippen LogP contribution in [0, 0.1) is 0 Å². The first-order chi connectivity index (χ1) is 9.76. The van der Waals surface area contributed by atoms with Crippen LogP contribution in [0.1, 0.15) is 20.9 Å². The Morgan fingerprint density at radius 1 is 1.24 bits per heavy atom. The Morgan fingerprint density at radius 2 is 1.86 bits per heavy atom. The molecule has 0 spiro atoms. The molecule has 1 fully saturated rings. The van der Waals surface area contributed by atoms with Crippen LogP contribution >= 0.6 is 0 Å². The first-order valence-corrected chi connectivity index (χ1v) is 6.16. The molecule has 1 saturated heterocycles. The fourth-order valence-electron chi connectivity index (χ4n) is 2.08. The molecule has 2 rings (SSSR count). The van der Waals surface area contributed by atoms with Crippen LogP contribution in [0.15, 0.2) is 16.7 Å². The number of hydrogen-bond acceptors (Lipinski definition) is 4. The van der Waals surface area contributed by atoms with E-state index in [1.54, 1.807) is 0 Å². The van der Waals surface area contributed by atoms with Crippen molar-refractivity contribution < 1.29 is 32.3 Å². The average Bonchev–Trinajstić information content (AvgIpc) is 2.86. The number of nitrogens with zero attached hydrogens (tertiary/aromatic N) is 2. The molecule has 116 valence electrons. The van der Waals surface area contributed by atoms with E-state index in [4.69, 9.17) is 9.52 Å². The topological polar surface area (TPSA) is 74.0 Å². The number of piperazine rings is 1.